The van der Waals surface area contributed by atoms with Crippen molar-refractivity contribution >= 4 is 33.8 Å². The molecule has 1 amide bonds. The topological polar surface area (TPSA) is 128 Å². The Balaban J connectivity index is 1.71. The predicted octanol–water partition coefficient (Wildman–Crippen LogP) is 3.37. The molecule has 1 aliphatic heterocycles. The molecule has 39 heavy (non-hydrogen) atoms. The Morgan fingerprint density at radius 1 is 1.10 bits per heavy atom. The van der Waals surface area contributed by atoms with E-state index in [1.54, 1.807) is 19.1 Å². The second kappa shape index (κ2) is 12.7. The molecule has 3 unspecified atom stereocenters. The lowest BCUT2D eigenvalue weighted by atomic mass is 9.71. The van der Waals surface area contributed by atoms with Gasteiger partial charge in [-0.05, 0) is 49.1 Å². The van der Waals surface area contributed by atoms with Gasteiger partial charge in [0.25, 0.3) is 0 Å². The van der Waals surface area contributed by atoms with Gasteiger partial charge in [-0.3, -0.25) is 4.79 Å². The Hall–Kier alpha value is -1.98. The number of nitrogens with one attached hydrogen (secondary N) is 3. The minimum absolute atomic E-state index is 0.102. The quantitative estimate of drug-likeness (QED) is 0.270. The molecule has 1 saturated heterocycles. The van der Waals surface area contributed by atoms with Gasteiger partial charge >= 0.3 is 7.12 Å². The van der Waals surface area contributed by atoms with Crippen LogP contribution in [0.1, 0.15) is 72.1 Å². The molecule has 0 aromatic heterocycles. The lowest BCUT2D eigenvalue weighted by Crippen LogP contribution is -2.64. The molecule has 4 rings (SSSR count). The van der Waals surface area contributed by atoms with E-state index in [2.05, 4.69) is 15.4 Å². The number of rotatable bonds is 11. The monoisotopic (exact) mass is 557 g/mol. The van der Waals surface area contributed by atoms with Crippen LogP contribution in [0.3, 0.4) is 0 Å². The van der Waals surface area contributed by atoms with Crippen LogP contribution < -0.4 is 15.4 Å². The summed E-state index contributed by atoms with van der Waals surface area (Å²) >= 11 is 0. The van der Waals surface area contributed by atoms with Crippen molar-refractivity contribution in [2.24, 2.45) is 17.8 Å². The van der Waals surface area contributed by atoms with Crippen LogP contribution in [0.4, 0.5) is 0 Å². The van der Waals surface area contributed by atoms with E-state index in [4.69, 9.17) is 0 Å². The van der Waals surface area contributed by atoms with Crippen molar-refractivity contribution in [3.05, 3.63) is 42.5 Å². The van der Waals surface area contributed by atoms with E-state index in [9.17, 15) is 23.3 Å². The zero-order valence-electron chi connectivity index (χ0n) is 23.4. The van der Waals surface area contributed by atoms with Crippen LogP contribution in [-0.2, 0) is 14.8 Å². The molecule has 214 valence electrons. The van der Waals surface area contributed by atoms with Crippen LogP contribution in [0.15, 0.2) is 47.4 Å². The molecular formula is C29H44BN3O5S. The van der Waals surface area contributed by atoms with Gasteiger partial charge in [-0.25, -0.2) is 13.1 Å². The molecule has 5 N–H and O–H groups in total. The fourth-order valence-corrected chi connectivity index (χ4v) is 8.55. The van der Waals surface area contributed by atoms with Crippen LogP contribution in [0.2, 0.25) is 0 Å². The molecular weight excluding hydrogens is 513 g/mol. The molecule has 0 spiro atoms. The Bertz CT molecular complexity index is 1230. The molecule has 10 heteroatoms. The van der Waals surface area contributed by atoms with Gasteiger partial charge in [-0.1, -0.05) is 89.3 Å². The van der Waals surface area contributed by atoms with E-state index in [0.717, 1.165) is 31.1 Å². The minimum Gasteiger partial charge on any atom is -0.426 e. The van der Waals surface area contributed by atoms with Crippen LogP contribution in [0, 0.1) is 17.8 Å². The van der Waals surface area contributed by atoms with Crippen molar-refractivity contribution in [2.45, 2.75) is 94.6 Å². The van der Waals surface area contributed by atoms with Crippen molar-refractivity contribution in [3.63, 3.8) is 0 Å². The summed E-state index contributed by atoms with van der Waals surface area (Å²) in [5.41, 5.74) is -0.897. The van der Waals surface area contributed by atoms with Crippen molar-refractivity contribution in [1.29, 1.82) is 0 Å². The normalized spacial score (nSPS) is 24.1. The second-order valence-corrected chi connectivity index (χ2v) is 13.4. The zero-order valence-corrected chi connectivity index (χ0v) is 24.2. The highest BCUT2D eigenvalue weighted by molar-refractivity contribution is 7.89. The molecule has 0 bridgehead atoms. The third-order valence-electron chi connectivity index (χ3n) is 9.03. The highest BCUT2D eigenvalue weighted by atomic mass is 32.2. The Morgan fingerprint density at radius 2 is 1.79 bits per heavy atom. The average molecular weight is 558 g/mol. The lowest BCUT2D eigenvalue weighted by Gasteiger charge is -2.43. The van der Waals surface area contributed by atoms with Gasteiger partial charge in [0, 0.05) is 11.4 Å². The van der Waals surface area contributed by atoms with Crippen LogP contribution in [0.5, 0.6) is 0 Å². The highest BCUT2D eigenvalue weighted by Crippen LogP contribution is 2.40. The van der Waals surface area contributed by atoms with Crippen molar-refractivity contribution in [1.82, 2.24) is 15.4 Å². The number of fused-ring (bicyclic) bond motifs is 1. The SMILES string of the molecule is CCC(NC(=O)[C@@H](CC1CCCCC1)C1NCCC1(NS(=O)(=O)c1cccc2ccccc12)C(C)C)B(O)O. The van der Waals surface area contributed by atoms with Crippen molar-refractivity contribution in [2.75, 3.05) is 6.54 Å². The van der Waals surface area contributed by atoms with Crippen LogP contribution in [0.25, 0.3) is 10.8 Å². The molecule has 4 atom stereocenters. The summed E-state index contributed by atoms with van der Waals surface area (Å²) in [5.74, 6) is -1.30. The van der Waals surface area contributed by atoms with E-state index >= 15 is 0 Å². The molecule has 1 heterocycles. The van der Waals surface area contributed by atoms with Gasteiger partial charge in [0.2, 0.25) is 15.9 Å². The third-order valence-corrected chi connectivity index (χ3v) is 10.6. The Labute approximate surface area is 233 Å². The second-order valence-electron chi connectivity index (χ2n) is 11.7. The summed E-state index contributed by atoms with van der Waals surface area (Å²) in [6.45, 7) is 6.39. The molecule has 2 aliphatic rings. The number of benzene rings is 2. The number of carbonyl (C=O) groups excluding carboxylic acids is 1. The largest absolute Gasteiger partial charge is 0.475 e. The molecule has 2 aromatic rings. The first kappa shape index (κ1) is 30.0. The van der Waals surface area contributed by atoms with E-state index in [0.29, 0.717) is 37.1 Å². The fourth-order valence-electron chi connectivity index (χ4n) is 6.74. The van der Waals surface area contributed by atoms with Gasteiger partial charge in [-0.2, -0.15) is 0 Å². The number of carbonyl (C=O) groups is 1. The molecule has 0 radical (unpaired) electrons. The first-order valence-corrected chi connectivity index (χ1v) is 16.0. The fraction of sp³-hybridized carbons (Fsp3) is 0.621. The maximum Gasteiger partial charge on any atom is 0.475 e. The van der Waals surface area contributed by atoms with Gasteiger partial charge in [0.15, 0.2) is 0 Å². The maximum atomic E-state index is 14.0. The third kappa shape index (κ3) is 6.51. The Kier molecular flexibility index (Phi) is 9.76. The lowest BCUT2D eigenvalue weighted by molar-refractivity contribution is -0.127. The summed E-state index contributed by atoms with van der Waals surface area (Å²) < 4.78 is 31.2. The number of hydrogen-bond donors (Lipinski definition) is 5. The average Bonchev–Trinajstić information content (AvgIpc) is 3.34. The highest BCUT2D eigenvalue weighted by Gasteiger charge is 2.53. The smallest absolute Gasteiger partial charge is 0.426 e. The Morgan fingerprint density at radius 3 is 2.46 bits per heavy atom. The molecule has 2 aromatic carbocycles. The summed E-state index contributed by atoms with van der Waals surface area (Å²) in [7, 11) is -5.60. The van der Waals surface area contributed by atoms with Crippen LogP contribution in [-0.4, -0.2) is 55.6 Å². The van der Waals surface area contributed by atoms with E-state index in [1.807, 2.05) is 44.2 Å². The zero-order chi connectivity index (χ0) is 28.2. The molecule has 8 nitrogen and oxygen atoms in total. The molecule has 2 fully saturated rings. The van der Waals surface area contributed by atoms with Crippen LogP contribution >= 0.6 is 0 Å². The predicted molar refractivity (Wildman–Crippen MR) is 155 cm³/mol. The summed E-state index contributed by atoms with van der Waals surface area (Å²) in [6.07, 6.45) is 7.12. The summed E-state index contributed by atoms with van der Waals surface area (Å²) in [6, 6.07) is 12.3. The first-order valence-electron chi connectivity index (χ1n) is 14.5. The molecule has 1 aliphatic carbocycles. The number of hydrogen-bond acceptors (Lipinski definition) is 6. The standard InChI is InChI=1S/C29H44BN3O5S/c1-4-26(30(35)36)32-28(34)24(19-21-11-6-5-7-12-21)27-29(20(2)3,17-18-31-27)33-39(37,38)25-16-10-14-22-13-8-9-15-23(22)25/h8-10,13-16,20-21,24,26-27,31,33,35-36H,4-7,11-12,17-19H2,1-3H3,(H,32,34)/t24-,26?,27?,29?/m0/s1. The van der Waals surface area contributed by atoms with E-state index < -0.39 is 40.6 Å². The van der Waals surface area contributed by atoms with Crippen molar-refractivity contribution in [3.8, 4) is 0 Å². The van der Waals surface area contributed by atoms with Gasteiger partial charge in [0.1, 0.15) is 0 Å². The van der Waals surface area contributed by atoms with Gasteiger partial charge in [-0.15, -0.1) is 0 Å². The van der Waals surface area contributed by atoms with E-state index in [1.165, 1.54) is 6.42 Å². The minimum atomic E-state index is -3.94. The summed E-state index contributed by atoms with van der Waals surface area (Å²) in [4.78, 5) is 14.1. The number of sulfonamides is 1. The summed E-state index contributed by atoms with van der Waals surface area (Å²) in [5, 5.41) is 27.5. The first-order chi connectivity index (χ1) is 18.6. The van der Waals surface area contributed by atoms with Crippen molar-refractivity contribution < 1.29 is 23.3 Å². The van der Waals surface area contributed by atoms with Gasteiger partial charge < -0.3 is 20.7 Å². The van der Waals surface area contributed by atoms with E-state index in [-0.39, 0.29) is 16.7 Å². The molecule has 1 saturated carbocycles. The maximum absolute atomic E-state index is 14.0. The van der Waals surface area contributed by atoms with Gasteiger partial charge in [0.05, 0.1) is 22.3 Å². The number of amides is 1.